The number of alkyl halides is 3. The Kier molecular flexibility index (Phi) is 5.21. The lowest BCUT2D eigenvalue weighted by Crippen LogP contribution is -2.18. The Bertz CT molecular complexity index is 806. The van der Waals surface area contributed by atoms with Gasteiger partial charge in [-0.05, 0) is 32.3 Å². The summed E-state index contributed by atoms with van der Waals surface area (Å²) in [6.45, 7) is 1.96. The fraction of sp³-hybridized carbons (Fsp3) is 0.529. The van der Waals surface area contributed by atoms with Crippen LogP contribution in [0, 0.1) is 23.2 Å². The van der Waals surface area contributed by atoms with E-state index in [1.807, 2.05) is 0 Å². The van der Waals surface area contributed by atoms with E-state index in [4.69, 9.17) is 11.0 Å². The van der Waals surface area contributed by atoms with Crippen LogP contribution in [0.25, 0.3) is 0 Å². The Labute approximate surface area is 154 Å². The molecule has 3 rings (SSSR count). The molecule has 10 heteroatoms. The zero-order valence-electron chi connectivity index (χ0n) is 14.7. The van der Waals surface area contributed by atoms with Gasteiger partial charge in [0, 0.05) is 24.4 Å². The Morgan fingerprint density at radius 1 is 1.48 bits per heavy atom. The molecule has 0 aromatic carbocycles. The van der Waals surface area contributed by atoms with Crippen LogP contribution in [0.2, 0.25) is 0 Å². The standard InChI is InChI=1S/C17H20F3N7/c1-2-23-15-12(17(18,19)20)8-24-16(27-15)26-14(25-10-3-4-10)6-13(22)11-5-9(11)7-21/h6,8-11H,2-5,22H2,1H3,(H2,23,24,25,26,27)/t9-,11-/m0/s1. The molecule has 2 saturated carbocycles. The first-order valence-corrected chi connectivity index (χ1v) is 8.71. The number of allylic oxidation sites excluding steroid dienone is 1. The molecule has 2 fully saturated rings. The molecular weight excluding hydrogens is 359 g/mol. The first kappa shape index (κ1) is 18.9. The van der Waals surface area contributed by atoms with E-state index in [0.717, 1.165) is 19.0 Å². The van der Waals surface area contributed by atoms with E-state index in [9.17, 15) is 13.2 Å². The molecule has 0 unspecified atom stereocenters. The number of nitrogens with two attached hydrogens (primary N) is 1. The van der Waals surface area contributed by atoms with Gasteiger partial charge >= 0.3 is 6.18 Å². The third kappa shape index (κ3) is 4.87. The van der Waals surface area contributed by atoms with E-state index in [1.54, 1.807) is 13.0 Å². The molecule has 0 aliphatic heterocycles. The van der Waals surface area contributed by atoms with Gasteiger partial charge in [0.15, 0.2) is 0 Å². The summed E-state index contributed by atoms with van der Waals surface area (Å²) in [5.74, 6) is -0.00839. The lowest BCUT2D eigenvalue weighted by Gasteiger charge is -2.14. The van der Waals surface area contributed by atoms with E-state index >= 15 is 0 Å². The highest BCUT2D eigenvalue weighted by molar-refractivity contribution is 6.03. The average molecular weight is 379 g/mol. The van der Waals surface area contributed by atoms with Gasteiger partial charge in [0.05, 0.1) is 18.0 Å². The van der Waals surface area contributed by atoms with E-state index in [2.05, 4.69) is 31.7 Å². The lowest BCUT2D eigenvalue weighted by atomic mass is 10.2. The van der Waals surface area contributed by atoms with Crippen LogP contribution >= 0.6 is 0 Å². The first-order valence-electron chi connectivity index (χ1n) is 8.71. The van der Waals surface area contributed by atoms with Crippen molar-refractivity contribution >= 4 is 17.6 Å². The quantitative estimate of drug-likeness (QED) is 0.518. The van der Waals surface area contributed by atoms with E-state index < -0.39 is 11.7 Å². The SMILES string of the molecule is CCNc1nc(NC(C=C(N)[C@H]2C[C@H]2C#N)=NC2CC2)ncc1C(F)(F)F. The van der Waals surface area contributed by atoms with Crippen molar-refractivity contribution in [2.45, 2.75) is 38.4 Å². The summed E-state index contributed by atoms with van der Waals surface area (Å²) in [6.07, 6.45) is 0.399. The maximum atomic E-state index is 13.1. The first-order chi connectivity index (χ1) is 12.8. The predicted molar refractivity (Wildman–Crippen MR) is 94.8 cm³/mol. The number of amidine groups is 1. The summed E-state index contributed by atoms with van der Waals surface area (Å²) in [5, 5.41) is 14.4. The van der Waals surface area contributed by atoms with Crippen LogP contribution in [-0.4, -0.2) is 28.4 Å². The van der Waals surface area contributed by atoms with Crippen LogP contribution in [0.4, 0.5) is 24.9 Å². The highest BCUT2D eigenvalue weighted by atomic mass is 19.4. The molecule has 0 bridgehead atoms. The molecule has 0 spiro atoms. The lowest BCUT2D eigenvalue weighted by molar-refractivity contribution is -0.137. The minimum absolute atomic E-state index is 0.00460. The van der Waals surface area contributed by atoms with Gasteiger partial charge < -0.3 is 16.4 Å². The van der Waals surface area contributed by atoms with Crippen molar-refractivity contribution in [1.82, 2.24) is 9.97 Å². The third-order valence-electron chi connectivity index (χ3n) is 4.23. The third-order valence-corrected chi connectivity index (χ3v) is 4.23. The van der Waals surface area contributed by atoms with Gasteiger partial charge in [0.25, 0.3) is 0 Å². The molecule has 0 radical (unpaired) electrons. The monoisotopic (exact) mass is 379 g/mol. The maximum Gasteiger partial charge on any atom is 0.421 e. The van der Waals surface area contributed by atoms with Gasteiger partial charge in [-0.15, -0.1) is 0 Å². The van der Waals surface area contributed by atoms with Crippen molar-refractivity contribution in [3.05, 3.63) is 23.5 Å². The zero-order valence-corrected chi connectivity index (χ0v) is 14.7. The normalized spacial score (nSPS) is 22.9. The predicted octanol–water partition coefficient (Wildman–Crippen LogP) is 2.90. The van der Waals surface area contributed by atoms with Crippen molar-refractivity contribution in [2.75, 3.05) is 17.2 Å². The van der Waals surface area contributed by atoms with Crippen molar-refractivity contribution in [3.63, 3.8) is 0 Å². The summed E-state index contributed by atoms with van der Waals surface area (Å²) in [6, 6.07) is 2.32. The van der Waals surface area contributed by atoms with Crippen molar-refractivity contribution in [2.24, 2.45) is 22.6 Å². The number of nitrogens with one attached hydrogen (secondary N) is 2. The van der Waals surface area contributed by atoms with Gasteiger partial charge in [-0.3, -0.25) is 4.99 Å². The smallest absolute Gasteiger partial charge is 0.402 e. The largest absolute Gasteiger partial charge is 0.421 e. The second kappa shape index (κ2) is 7.42. The van der Waals surface area contributed by atoms with Gasteiger partial charge in [-0.2, -0.15) is 23.4 Å². The Hall–Kier alpha value is -2.83. The number of rotatable bonds is 6. The molecule has 2 aliphatic rings. The molecule has 144 valence electrons. The number of anilines is 2. The minimum atomic E-state index is -4.55. The Morgan fingerprint density at radius 3 is 2.78 bits per heavy atom. The number of aliphatic imine (C=N–C) groups is 1. The van der Waals surface area contributed by atoms with Gasteiger partial charge in [0.1, 0.15) is 17.2 Å². The molecule has 27 heavy (non-hydrogen) atoms. The van der Waals surface area contributed by atoms with Crippen LogP contribution in [0.3, 0.4) is 0 Å². The Morgan fingerprint density at radius 2 is 2.22 bits per heavy atom. The van der Waals surface area contributed by atoms with E-state index in [0.29, 0.717) is 18.0 Å². The second-order valence-corrected chi connectivity index (χ2v) is 6.58. The molecule has 2 aliphatic carbocycles. The molecule has 0 saturated heterocycles. The summed E-state index contributed by atoms with van der Waals surface area (Å²) in [5.41, 5.74) is 5.63. The summed E-state index contributed by atoms with van der Waals surface area (Å²) in [7, 11) is 0. The minimum Gasteiger partial charge on any atom is -0.402 e. The van der Waals surface area contributed by atoms with Gasteiger partial charge in [-0.25, -0.2) is 4.98 Å². The summed E-state index contributed by atoms with van der Waals surface area (Å²) < 4.78 is 39.2. The topological polar surface area (TPSA) is 112 Å². The van der Waals surface area contributed by atoms with E-state index in [-0.39, 0.29) is 36.2 Å². The molecule has 1 heterocycles. The summed E-state index contributed by atoms with van der Waals surface area (Å²) >= 11 is 0. The van der Waals surface area contributed by atoms with Gasteiger partial charge in [-0.1, -0.05) is 0 Å². The highest BCUT2D eigenvalue weighted by Crippen LogP contribution is 2.41. The highest BCUT2D eigenvalue weighted by Gasteiger charge is 2.39. The van der Waals surface area contributed by atoms with Crippen LogP contribution in [0.1, 0.15) is 31.7 Å². The number of hydrogen-bond donors (Lipinski definition) is 3. The maximum absolute atomic E-state index is 13.1. The van der Waals surface area contributed by atoms with Crippen LogP contribution in [0.5, 0.6) is 0 Å². The molecule has 1 aromatic heterocycles. The van der Waals surface area contributed by atoms with Crippen molar-refractivity contribution in [3.8, 4) is 6.07 Å². The molecular formula is C17H20F3N7. The molecule has 2 atom stereocenters. The molecule has 0 amide bonds. The van der Waals surface area contributed by atoms with Crippen LogP contribution in [0.15, 0.2) is 23.0 Å². The second-order valence-electron chi connectivity index (χ2n) is 6.58. The van der Waals surface area contributed by atoms with Crippen LogP contribution in [-0.2, 0) is 6.18 Å². The molecule has 7 nitrogen and oxygen atoms in total. The molecule has 1 aromatic rings. The molecule has 4 N–H and O–H groups in total. The van der Waals surface area contributed by atoms with Crippen LogP contribution < -0.4 is 16.4 Å². The van der Waals surface area contributed by atoms with Crippen molar-refractivity contribution < 1.29 is 13.2 Å². The van der Waals surface area contributed by atoms with E-state index in [1.165, 1.54) is 0 Å². The number of nitrogens with zero attached hydrogens (tertiary/aromatic N) is 4. The number of nitriles is 1. The Balaban J connectivity index is 1.83. The number of aromatic nitrogens is 2. The number of hydrogen-bond acceptors (Lipinski definition) is 6. The van der Waals surface area contributed by atoms with Crippen molar-refractivity contribution in [1.29, 1.82) is 5.26 Å². The fourth-order valence-electron chi connectivity index (χ4n) is 2.54. The average Bonchev–Trinajstić information content (AvgIpc) is 3.49. The van der Waals surface area contributed by atoms with Gasteiger partial charge in [0.2, 0.25) is 5.95 Å². The summed E-state index contributed by atoms with van der Waals surface area (Å²) in [4.78, 5) is 12.2. The zero-order chi connectivity index (χ0) is 19.6. The number of halogens is 3. The fourth-order valence-corrected chi connectivity index (χ4v) is 2.54.